The molecule has 1 aromatic rings. The van der Waals surface area contributed by atoms with Crippen molar-refractivity contribution in [2.45, 2.75) is 49.9 Å². The van der Waals surface area contributed by atoms with E-state index in [9.17, 15) is 14.7 Å². The maximum absolute atomic E-state index is 11.9. The van der Waals surface area contributed by atoms with E-state index in [0.717, 1.165) is 18.5 Å². The van der Waals surface area contributed by atoms with Gasteiger partial charge in [-0.25, -0.2) is 9.78 Å². The van der Waals surface area contributed by atoms with E-state index in [1.165, 1.54) is 11.8 Å². The van der Waals surface area contributed by atoms with Crippen molar-refractivity contribution >= 4 is 23.6 Å². The number of amides is 1. The summed E-state index contributed by atoms with van der Waals surface area (Å²) in [6, 6.07) is 2.04. The normalized spacial score (nSPS) is 15.8. The van der Waals surface area contributed by atoms with Crippen LogP contribution in [0.25, 0.3) is 0 Å². The molecule has 20 heavy (non-hydrogen) atoms. The molecule has 6 heteroatoms. The Kier molecular flexibility index (Phi) is 4.32. The number of carbonyl (C=O) groups is 2. The van der Waals surface area contributed by atoms with Crippen LogP contribution in [-0.2, 0) is 4.79 Å². The van der Waals surface area contributed by atoms with Crippen LogP contribution in [0.5, 0.6) is 0 Å². The lowest BCUT2D eigenvalue weighted by Crippen LogP contribution is -2.32. The molecule has 0 bridgehead atoms. The number of pyridine rings is 1. The van der Waals surface area contributed by atoms with Gasteiger partial charge >= 0.3 is 5.97 Å². The largest absolute Gasteiger partial charge is 0.478 e. The Bertz CT molecular complexity index is 556. The fourth-order valence-corrected chi connectivity index (χ4v) is 2.99. The van der Waals surface area contributed by atoms with Crippen LogP contribution in [0.4, 0.5) is 0 Å². The van der Waals surface area contributed by atoms with E-state index in [1.807, 2.05) is 6.92 Å². The molecule has 5 nitrogen and oxygen atoms in total. The first-order chi connectivity index (χ1) is 9.38. The maximum Gasteiger partial charge on any atom is 0.338 e. The van der Waals surface area contributed by atoms with Gasteiger partial charge in [0.1, 0.15) is 5.03 Å². The van der Waals surface area contributed by atoms with E-state index in [4.69, 9.17) is 0 Å². The molecule has 108 valence electrons. The number of thioether (sulfide) groups is 1. The molecule has 0 aromatic carbocycles. The Hall–Kier alpha value is -1.56. The van der Waals surface area contributed by atoms with Crippen LogP contribution in [0.1, 0.15) is 41.4 Å². The fraction of sp³-hybridized carbons (Fsp3) is 0.500. The summed E-state index contributed by atoms with van der Waals surface area (Å²) in [5, 5.41) is 12.3. The van der Waals surface area contributed by atoms with Crippen LogP contribution in [-0.4, -0.2) is 33.3 Å². The van der Waals surface area contributed by atoms with Gasteiger partial charge in [0.25, 0.3) is 0 Å². The number of aromatic nitrogens is 1. The van der Waals surface area contributed by atoms with Gasteiger partial charge in [-0.3, -0.25) is 4.79 Å². The molecular weight excluding hydrogens is 276 g/mol. The molecule has 1 aromatic heterocycles. The van der Waals surface area contributed by atoms with Gasteiger partial charge in [-0.15, -0.1) is 0 Å². The third-order valence-electron chi connectivity index (χ3n) is 3.11. The average molecular weight is 294 g/mol. The standard InChI is InChI=1S/C14H18N2O3S/c1-7-6-8(2)15-13(11(7)14(18)19)20-9(3)12(17)16-10-4-5-10/h6,9-10H,4-5H2,1-3H3,(H,16,17)(H,18,19). The second-order valence-corrected chi connectivity index (χ2v) is 6.44. The minimum absolute atomic E-state index is 0.0604. The Morgan fingerprint density at radius 2 is 2.10 bits per heavy atom. The molecule has 1 aliphatic carbocycles. The predicted octanol–water partition coefficient (Wildman–Crippen LogP) is 2.16. The summed E-state index contributed by atoms with van der Waals surface area (Å²) >= 11 is 1.20. The number of nitrogens with zero attached hydrogens (tertiary/aromatic N) is 1. The summed E-state index contributed by atoms with van der Waals surface area (Å²) in [4.78, 5) is 27.6. The molecule has 1 fully saturated rings. The predicted molar refractivity (Wildman–Crippen MR) is 77.2 cm³/mol. The molecule has 1 amide bonds. The second kappa shape index (κ2) is 5.83. The average Bonchev–Trinajstić information content (AvgIpc) is 3.10. The van der Waals surface area contributed by atoms with Crippen LogP contribution in [0.3, 0.4) is 0 Å². The monoisotopic (exact) mass is 294 g/mol. The second-order valence-electron chi connectivity index (χ2n) is 5.11. The van der Waals surface area contributed by atoms with Gasteiger partial charge in [-0.1, -0.05) is 11.8 Å². The van der Waals surface area contributed by atoms with E-state index in [-0.39, 0.29) is 16.7 Å². The van der Waals surface area contributed by atoms with E-state index in [1.54, 1.807) is 19.9 Å². The van der Waals surface area contributed by atoms with Crippen molar-refractivity contribution in [1.29, 1.82) is 0 Å². The fourth-order valence-electron chi connectivity index (χ4n) is 1.92. The van der Waals surface area contributed by atoms with Crippen molar-refractivity contribution in [3.8, 4) is 0 Å². The highest BCUT2D eigenvalue weighted by atomic mass is 32.2. The van der Waals surface area contributed by atoms with Crippen LogP contribution in [0.2, 0.25) is 0 Å². The van der Waals surface area contributed by atoms with Crippen LogP contribution in [0, 0.1) is 13.8 Å². The lowest BCUT2D eigenvalue weighted by Gasteiger charge is -2.14. The highest BCUT2D eigenvalue weighted by molar-refractivity contribution is 8.00. The number of aryl methyl sites for hydroxylation is 2. The summed E-state index contributed by atoms with van der Waals surface area (Å²) < 4.78 is 0. The van der Waals surface area contributed by atoms with Crippen molar-refractivity contribution in [3.63, 3.8) is 0 Å². The third kappa shape index (κ3) is 3.50. The molecular formula is C14H18N2O3S. The van der Waals surface area contributed by atoms with Gasteiger partial charge in [0.2, 0.25) is 5.91 Å². The van der Waals surface area contributed by atoms with E-state index < -0.39 is 5.97 Å². The molecule has 2 rings (SSSR count). The number of hydrogen-bond donors (Lipinski definition) is 2. The Labute approximate surface area is 122 Å². The van der Waals surface area contributed by atoms with Gasteiger partial charge in [0.05, 0.1) is 10.8 Å². The van der Waals surface area contributed by atoms with Crippen molar-refractivity contribution in [2.24, 2.45) is 0 Å². The number of rotatable bonds is 5. The van der Waals surface area contributed by atoms with Crippen molar-refractivity contribution < 1.29 is 14.7 Å². The number of carbonyl (C=O) groups excluding carboxylic acids is 1. The first-order valence-corrected chi connectivity index (χ1v) is 7.45. The molecule has 0 aliphatic heterocycles. The zero-order valence-electron chi connectivity index (χ0n) is 11.8. The zero-order valence-corrected chi connectivity index (χ0v) is 12.6. The van der Waals surface area contributed by atoms with Crippen LogP contribution in [0.15, 0.2) is 11.1 Å². The number of aromatic carboxylic acids is 1. The first kappa shape index (κ1) is 14.8. The smallest absolute Gasteiger partial charge is 0.338 e. The van der Waals surface area contributed by atoms with E-state index in [0.29, 0.717) is 16.6 Å². The maximum atomic E-state index is 11.9. The van der Waals surface area contributed by atoms with Crippen molar-refractivity contribution in [3.05, 3.63) is 22.9 Å². The first-order valence-electron chi connectivity index (χ1n) is 6.57. The highest BCUT2D eigenvalue weighted by Crippen LogP contribution is 2.28. The summed E-state index contributed by atoms with van der Waals surface area (Å²) in [5.41, 5.74) is 1.61. The summed E-state index contributed by atoms with van der Waals surface area (Å²) in [6.45, 7) is 5.34. The Morgan fingerprint density at radius 3 is 2.65 bits per heavy atom. The van der Waals surface area contributed by atoms with Crippen LogP contribution < -0.4 is 5.32 Å². The van der Waals surface area contributed by atoms with E-state index >= 15 is 0 Å². The molecule has 2 N–H and O–H groups in total. The van der Waals surface area contributed by atoms with Crippen molar-refractivity contribution in [2.75, 3.05) is 0 Å². The molecule has 0 radical (unpaired) electrons. The van der Waals surface area contributed by atoms with Gasteiger partial charge in [0.15, 0.2) is 0 Å². The lowest BCUT2D eigenvalue weighted by molar-refractivity contribution is -0.120. The number of carboxylic acids is 1. The molecule has 1 saturated carbocycles. The molecule has 1 aliphatic rings. The topological polar surface area (TPSA) is 79.3 Å². The molecule has 0 saturated heterocycles. The van der Waals surface area contributed by atoms with Crippen LogP contribution >= 0.6 is 11.8 Å². The van der Waals surface area contributed by atoms with Gasteiger partial charge in [-0.2, -0.15) is 0 Å². The molecule has 0 spiro atoms. The summed E-state index contributed by atoms with van der Waals surface area (Å²) in [5.74, 6) is -1.07. The van der Waals surface area contributed by atoms with Gasteiger partial charge < -0.3 is 10.4 Å². The minimum atomic E-state index is -1.01. The van der Waals surface area contributed by atoms with Gasteiger partial charge in [-0.05, 0) is 45.2 Å². The SMILES string of the molecule is Cc1cc(C)c(C(=O)O)c(SC(C)C(=O)NC2CC2)n1. The van der Waals surface area contributed by atoms with Crippen molar-refractivity contribution in [1.82, 2.24) is 10.3 Å². The highest BCUT2D eigenvalue weighted by Gasteiger charge is 2.27. The lowest BCUT2D eigenvalue weighted by atomic mass is 10.1. The molecule has 1 atom stereocenters. The quantitative estimate of drug-likeness (QED) is 0.814. The number of hydrogen-bond acceptors (Lipinski definition) is 4. The minimum Gasteiger partial charge on any atom is -0.478 e. The third-order valence-corrected chi connectivity index (χ3v) is 4.19. The summed E-state index contributed by atoms with van der Waals surface area (Å²) in [6.07, 6.45) is 2.07. The van der Waals surface area contributed by atoms with E-state index in [2.05, 4.69) is 10.3 Å². The Morgan fingerprint density at radius 1 is 1.45 bits per heavy atom. The Balaban J connectivity index is 2.18. The zero-order chi connectivity index (χ0) is 14.9. The number of carboxylic acid groups (broad SMARTS) is 1. The van der Waals surface area contributed by atoms with Gasteiger partial charge in [0, 0.05) is 11.7 Å². The number of nitrogens with one attached hydrogen (secondary N) is 1. The summed E-state index contributed by atoms with van der Waals surface area (Å²) in [7, 11) is 0. The molecule has 1 unspecified atom stereocenters. The molecule has 1 heterocycles.